The molecule has 39 heavy (non-hydrogen) atoms. The van der Waals surface area contributed by atoms with Gasteiger partial charge in [-0.15, -0.1) is 0 Å². The summed E-state index contributed by atoms with van der Waals surface area (Å²) in [7, 11) is 1.60. The molecule has 0 unspecified atom stereocenters. The van der Waals surface area contributed by atoms with Crippen LogP contribution in [0.25, 0.3) is 0 Å². The average Bonchev–Trinajstić information content (AvgIpc) is 3.36. The van der Waals surface area contributed by atoms with Crippen molar-refractivity contribution in [2.75, 3.05) is 53.0 Å². The normalized spacial score (nSPS) is 18.0. The minimum atomic E-state index is -0.457. The SMILES string of the molecule is COc1ccc(C2=NN(C(=O)CN(CCN3CCOCC3)C(=O)NC(C)(C)C)[C@@H](c3ccc(F)cc3)C2)cc1. The molecule has 0 aliphatic carbocycles. The number of urea groups is 1. The number of amides is 3. The Morgan fingerprint density at radius 3 is 2.38 bits per heavy atom. The monoisotopic (exact) mass is 539 g/mol. The molecule has 210 valence electrons. The van der Waals surface area contributed by atoms with Crippen molar-refractivity contribution in [3.8, 4) is 5.75 Å². The van der Waals surface area contributed by atoms with Gasteiger partial charge in [-0.05, 0) is 68.3 Å². The van der Waals surface area contributed by atoms with E-state index in [4.69, 9.17) is 14.6 Å². The fourth-order valence-corrected chi connectivity index (χ4v) is 4.62. The molecular weight excluding hydrogens is 501 g/mol. The molecule has 1 N–H and O–H groups in total. The van der Waals surface area contributed by atoms with Gasteiger partial charge in [0.2, 0.25) is 0 Å². The molecule has 2 aliphatic rings. The molecule has 0 spiro atoms. The summed E-state index contributed by atoms with van der Waals surface area (Å²) in [4.78, 5) is 30.8. The zero-order valence-electron chi connectivity index (χ0n) is 23.2. The van der Waals surface area contributed by atoms with Crippen molar-refractivity contribution in [1.29, 1.82) is 0 Å². The Bertz CT molecular complexity index is 1160. The molecule has 0 saturated carbocycles. The summed E-state index contributed by atoms with van der Waals surface area (Å²) in [5, 5.41) is 9.14. The highest BCUT2D eigenvalue weighted by molar-refractivity contribution is 6.03. The van der Waals surface area contributed by atoms with Crippen LogP contribution in [-0.2, 0) is 9.53 Å². The minimum absolute atomic E-state index is 0.136. The standard InChI is InChI=1S/C29H38FN5O4/c1-29(2,3)31-28(37)34(14-13-33-15-17-39-18-16-33)20-27(36)35-26(22-5-9-23(30)10-6-22)19-25(32-35)21-7-11-24(38-4)12-8-21/h5-12,26H,13-20H2,1-4H3,(H,31,37)/t26-/m1/s1. The van der Waals surface area contributed by atoms with E-state index in [1.165, 1.54) is 17.1 Å². The first-order valence-electron chi connectivity index (χ1n) is 13.3. The lowest BCUT2D eigenvalue weighted by Gasteiger charge is -2.32. The van der Waals surface area contributed by atoms with Crippen LogP contribution < -0.4 is 10.1 Å². The highest BCUT2D eigenvalue weighted by atomic mass is 19.1. The lowest BCUT2D eigenvalue weighted by atomic mass is 9.98. The molecule has 0 aromatic heterocycles. The van der Waals surface area contributed by atoms with Crippen molar-refractivity contribution >= 4 is 17.6 Å². The smallest absolute Gasteiger partial charge is 0.318 e. The Labute approximate surface area is 229 Å². The lowest BCUT2D eigenvalue weighted by Crippen LogP contribution is -2.53. The third-order valence-corrected chi connectivity index (χ3v) is 6.73. The summed E-state index contributed by atoms with van der Waals surface area (Å²) < 4.78 is 24.4. The van der Waals surface area contributed by atoms with E-state index >= 15 is 0 Å². The van der Waals surface area contributed by atoms with Crippen molar-refractivity contribution in [3.63, 3.8) is 0 Å². The number of hydrazone groups is 1. The number of rotatable bonds is 8. The van der Waals surface area contributed by atoms with Crippen molar-refractivity contribution in [2.24, 2.45) is 5.10 Å². The maximum atomic E-state index is 13.8. The van der Waals surface area contributed by atoms with Crippen LogP contribution in [0.5, 0.6) is 5.75 Å². The molecule has 0 radical (unpaired) electrons. The molecule has 2 aromatic carbocycles. The summed E-state index contributed by atoms with van der Waals surface area (Å²) in [5.74, 6) is 0.0686. The molecule has 2 aliphatic heterocycles. The maximum Gasteiger partial charge on any atom is 0.318 e. The molecule has 1 atom stereocenters. The number of ether oxygens (including phenoxy) is 2. The highest BCUT2D eigenvalue weighted by Gasteiger charge is 2.35. The Morgan fingerprint density at radius 2 is 1.77 bits per heavy atom. The predicted octanol–water partition coefficient (Wildman–Crippen LogP) is 3.65. The van der Waals surface area contributed by atoms with Gasteiger partial charge in [0, 0.05) is 38.1 Å². The molecule has 10 heteroatoms. The third-order valence-electron chi connectivity index (χ3n) is 6.73. The number of morpholine rings is 1. The van der Waals surface area contributed by atoms with Gasteiger partial charge in [0.05, 0.1) is 32.1 Å². The van der Waals surface area contributed by atoms with Gasteiger partial charge in [-0.1, -0.05) is 12.1 Å². The van der Waals surface area contributed by atoms with Gasteiger partial charge in [0.25, 0.3) is 5.91 Å². The lowest BCUT2D eigenvalue weighted by molar-refractivity contribution is -0.133. The number of hydrogen-bond donors (Lipinski definition) is 1. The second kappa shape index (κ2) is 12.6. The quantitative estimate of drug-likeness (QED) is 0.554. The summed E-state index contributed by atoms with van der Waals surface area (Å²) in [6, 6.07) is 12.9. The Morgan fingerprint density at radius 1 is 1.10 bits per heavy atom. The number of benzene rings is 2. The van der Waals surface area contributed by atoms with E-state index in [0.29, 0.717) is 32.7 Å². The first-order valence-corrected chi connectivity index (χ1v) is 13.3. The summed E-state index contributed by atoms with van der Waals surface area (Å²) in [5.41, 5.74) is 1.92. The molecule has 9 nitrogen and oxygen atoms in total. The van der Waals surface area contributed by atoms with Gasteiger partial charge in [0.15, 0.2) is 0 Å². The van der Waals surface area contributed by atoms with Crippen molar-refractivity contribution in [3.05, 3.63) is 65.5 Å². The first-order chi connectivity index (χ1) is 18.6. The highest BCUT2D eigenvalue weighted by Crippen LogP contribution is 2.33. The van der Waals surface area contributed by atoms with Gasteiger partial charge >= 0.3 is 6.03 Å². The van der Waals surface area contributed by atoms with Crippen LogP contribution in [0.2, 0.25) is 0 Å². The molecule has 1 saturated heterocycles. The number of nitrogens with one attached hydrogen (secondary N) is 1. The Hall–Kier alpha value is -3.50. The van der Waals surface area contributed by atoms with Crippen molar-refractivity contribution < 1.29 is 23.5 Å². The number of hydrogen-bond acceptors (Lipinski definition) is 6. The first kappa shape index (κ1) is 28.5. The van der Waals surface area contributed by atoms with Gasteiger partial charge in [0.1, 0.15) is 18.1 Å². The van der Waals surface area contributed by atoms with Crippen LogP contribution in [-0.4, -0.2) is 91.0 Å². The maximum absolute atomic E-state index is 13.8. The zero-order chi connectivity index (χ0) is 28.0. The average molecular weight is 540 g/mol. The molecular formula is C29H38FN5O4. The molecule has 0 bridgehead atoms. The second-order valence-electron chi connectivity index (χ2n) is 10.8. The van der Waals surface area contributed by atoms with E-state index in [-0.39, 0.29) is 24.3 Å². The number of carbonyl (C=O) groups excluding carboxylic acids is 2. The predicted molar refractivity (Wildman–Crippen MR) is 147 cm³/mol. The molecule has 2 heterocycles. The van der Waals surface area contributed by atoms with E-state index in [0.717, 1.165) is 35.7 Å². The summed E-state index contributed by atoms with van der Waals surface area (Å²) in [6.07, 6.45) is 0.464. The van der Waals surface area contributed by atoms with E-state index < -0.39 is 11.6 Å². The molecule has 1 fully saturated rings. The van der Waals surface area contributed by atoms with Gasteiger partial charge in [-0.25, -0.2) is 14.2 Å². The van der Waals surface area contributed by atoms with E-state index in [1.54, 1.807) is 24.1 Å². The van der Waals surface area contributed by atoms with E-state index in [9.17, 15) is 14.0 Å². The molecule has 4 rings (SSSR count). The van der Waals surface area contributed by atoms with Crippen LogP contribution in [0.3, 0.4) is 0 Å². The Balaban J connectivity index is 1.57. The summed E-state index contributed by atoms with van der Waals surface area (Å²) in [6.45, 7) is 9.49. The van der Waals surface area contributed by atoms with Crippen LogP contribution in [0, 0.1) is 5.82 Å². The van der Waals surface area contributed by atoms with Crippen LogP contribution >= 0.6 is 0 Å². The number of halogens is 1. The zero-order valence-corrected chi connectivity index (χ0v) is 23.2. The minimum Gasteiger partial charge on any atom is -0.497 e. The topological polar surface area (TPSA) is 86.7 Å². The van der Waals surface area contributed by atoms with Crippen LogP contribution in [0.15, 0.2) is 53.6 Å². The Kier molecular flexibility index (Phi) is 9.19. The van der Waals surface area contributed by atoms with Crippen molar-refractivity contribution in [1.82, 2.24) is 20.1 Å². The number of nitrogens with zero attached hydrogens (tertiary/aromatic N) is 4. The van der Waals surface area contributed by atoms with E-state index in [1.807, 2.05) is 45.0 Å². The van der Waals surface area contributed by atoms with Crippen LogP contribution in [0.1, 0.15) is 44.4 Å². The second-order valence-corrected chi connectivity index (χ2v) is 10.8. The summed E-state index contributed by atoms with van der Waals surface area (Å²) >= 11 is 0. The third kappa shape index (κ3) is 7.77. The van der Waals surface area contributed by atoms with E-state index in [2.05, 4.69) is 10.2 Å². The van der Waals surface area contributed by atoms with Crippen molar-refractivity contribution in [2.45, 2.75) is 38.8 Å². The number of methoxy groups -OCH3 is 1. The fraction of sp³-hybridized carbons (Fsp3) is 0.483. The van der Waals surface area contributed by atoms with Gasteiger partial charge in [-0.3, -0.25) is 9.69 Å². The van der Waals surface area contributed by atoms with Gasteiger partial charge in [-0.2, -0.15) is 5.10 Å². The van der Waals surface area contributed by atoms with Gasteiger partial charge < -0.3 is 19.7 Å². The van der Waals surface area contributed by atoms with Crippen LogP contribution in [0.4, 0.5) is 9.18 Å². The molecule has 3 amide bonds. The number of carbonyl (C=O) groups is 2. The fourth-order valence-electron chi connectivity index (χ4n) is 4.62. The molecule has 2 aromatic rings. The largest absolute Gasteiger partial charge is 0.497 e.